The Hall–Kier alpha value is -2.69. The van der Waals surface area contributed by atoms with Crippen molar-refractivity contribution in [1.82, 2.24) is 0 Å². The summed E-state index contributed by atoms with van der Waals surface area (Å²) in [6, 6.07) is 12.7. The van der Waals surface area contributed by atoms with Crippen molar-refractivity contribution in [3.05, 3.63) is 48.0 Å². The zero-order valence-electron chi connectivity index (χ0n) is 12.2. The second-order valence-electron chi connectivity index (χ2n) is 4.37. The Morgan fingerprint density at radius 1 is 1.00 bits per heavy atom. The minimum absolute atomic E-state index is 0.502. The van der Waals surface area contributed by atoms with Gasteiger partial charge in [-0.1, -0.05) is 0 Å². The molecule has 2 aromatic carbocycles. The Morgan fingerprint density at radius 3 is 2.24 bits per heavy atom. The fourth-order valence-electron chi connectivity index (χ4n) is 1.78. The molecule has 0 aromatic heterocycles. The first-order chi connectivity index (χ1) is 10.1. The molecule has 0 atom stereocenters. The van der Waals surface area contributed by atoms with Gasteiger partial charge in [0.15, 0.2) is 0 Å². The Morgan fingerprint density at radius 2 is 1.67 bits per heavy atom. The summed E-state index contributed by atoms with van der Waals surface area (Å²) in [6.45, 7) is 1.90. The molecule has 0 radical (unpaired) electrons. The highest BCUT2D eigenvalue weighted by atomic mass is 16.5. The molecule has 2 rings (SSSR count). The number of aryl methyl sites for hydroxylation is 1. The van der Waals surface area contributed by atoms with Gasteiger partial charge in [-0.3, -0.25) is 5.32 Å². The number of hydrogen-bond donors (Lipinski definition) is 1. The van der Waals surface area contributed by atoms with Crippen LogP contribution < -0.4 is 14.8 Å². The van der Waals surface area contributed by atoms with Crippen molar-refractivity contribution in [2.45, 2.75) is 6.92 Å². The zero-order valence-corrected chi connectivity index (χ0v) is 12.2. The summed E-state index contributed by atoms with van der Waals surface area (Å²) in [5.74, 6) is 2.21. The molecule has 0 fully saturated rings. The highest BCUT2D eigenvalue weighted by Gasteiger charge is 2.06. The van der Waals surface area contributed by atoms with E-state index in [9.17, 15) is 4.79 Å². The molecule has 0 unspecified atom stereocenters. The number of hydrogen-bond acceptors (Lipinski definition) is 4. The van der Waals surface area contributed by atoms with Crippen LogP contribution >= 0.6 is 0 Å². The van der Waals surface area contributed by atoms with Crippen LogP contribution in [0, 0.1) is 6.92 Å². The lowest BCUT2D eigenvalue weighted by Gasteiger charge is -2.11. The average molecular weight is 287 g/mol. The molecular weight excluding hydrogens is 270 g/mol. The van der Waals surface area contributed by atoms with Gasteiger partial charge in [0.05, 0.1) is 14.2 Å². The molecular formula is C16H17NO4. The van der Waals surface area contributed by atoms with Gasteiger partial charge in [-0.15, -0.1) is 0 Å². The molecule has 0 bridgehead atoms. The summed E-state index contributed by atoms with van der Waals surface area (Å²) in [5, 5.41) is 2.61. The van der Waals surface area contributed by atoms with Gasteiger partial charge in [-0.25, -0.2) is 4.79 Å². The van der Waals surface area contributed by atoms with Gasteiger partial charge < -0.3 is 14.2 Å². The summed E-state index contributed by atoms with van der Waals surface area (Å²) >= 11 is 0. The van der Waals surface area contributed by atoms with E-state index in [0.717, 1.165) is 17.1 Å². The van der Waals surface area contributed by atoms with Crippen molar-refractivity contribution < 1.29 is 19.0 Å². The zero-order chi connectivity index (χ0) is 15.2. The molecule has 110 valence electrons. The van der Waals surface area contributed by atoms with Gasteiger partial charge in [0.1, 0.15) is 17.2 Å². The fourth-order valence-corrected chi connectivity index (χ4v) is 1.78. The van der Waals surface area contributed by atoms with E-state index < -0.39 is 6.09 Å². The van der Waals surface area contributed by atoms with Crippen LogP contribution in [-0.2, 0) is 4.74 Å². The van der Waals surface area contributed by atoms with Crippen LogP contribution in [0.1, 0.15) is 5.56 Å². The predicted octanol–water partition coefficient (Wildman–Crippen LogP) is 3.97. The quantitative estimate of drug-likeness (QED) is 0.924. The van der Waals surface area contributed by atoms with Gasteiger partial charge in [0, 0.05) is 5.69 Å². The van der Waals surface area contributed by atoms with Gasteiger partial charge in [0.25, 0.3) is 0 Å². The molecule has 0 aliphatic rings. The normalized spacial score (nSPS) is 9.86. The smallest absolute Gasteiger partial charge is 0.411 e. The maximum atomic E-state index is 11.2. The first kappa shape index (κ1) is 14.7. The van der Waals surface area contributed by atoms with Crippen LogP contribution in [0.5, 0.6) is 17.2 Å². The Bertz CT molecular complexity index is 623. The van der Waals surface area contributed by atoms with Gasteiger partial charge >= 0.3 is 6.09 Å². The van der Waals surface area contributed by atoms with Crippen LogP contribution in [0.15, 0.2) is 42.5 Å². The molecule has 0 saturated heterocycles. The van der Waals surface area contributed by atoms with Crippen molar-refractivity contribution in [3.63, 3.8) is 0 Å². The topological polar surface area (TPSA) is 56.8 Å². The third kappa shape index (κ3) is 3.89. The first-order valence-corrected chi connectivity index (χ1v) is 6.40. The number of ether oxygens (including phenoxy) is 3. The van der Waals surface area contributed by atoms with Crippen LogP contribution in [0.2, 0.25) is 0 Å². The van der Waals surface area contributed by atoms with Gasteiger partial charge in [0.2, 0.25) is 0 Å². The number of benzene rings is 2. The molecule has 2 aromatic rings. The average Bonchev–Trinajstić information content (AvgIpc) is 2.50. The molecule has 0 spiro atoms. The number of rotatable bonds is 4. The maximum Gasteiger partial charge on any atom is 0.411 e. The number of amides is 1. The molecule has 5 nitrogen and oxygen atoms in total. The van der Waals surface area contributed by atoms with Crippen molar-refractivity contribution in [2.75, 3.05) is 19.5 Å². The Balaban J connectivity index is 2.11. The third-order valence-electron chi connectivity index (χ3n) is 2.89. The molecule has 0 saturated carbocycles. The first-order valence-electron chi connectivity index (χ1n) is 6.40. The van der Waals surface area contributed by atoms with Crippen LogP contribution in [0.3, 0.4) is 0 Å². The van der Waals surface area contributed by atoms with E-state index in [1.54, 1.807) is 19.2 Å². The summed E-state index contributed by atoms with van der Waals surface area (Å²) in [7, 11) is 2.94. The van der Waals surface area contributed by atoms with Crippen molar-refractivity contribution >= 4 is 11.8 Å². The molecule has 0 aliphatic heterocycles. The maximum absolute atomic E-state index is 11.2. The standard InChI is InChI=1S/C16H17NO4/c1-11-10-12(17-16(18)20-3)4-9-15(11)21-14-7-5-13(19-2)6-8-14/h4-10H,1-3H3,(H,17,18). The number of nitrogens with one attached hydrogen (secondary N) is 1. The second-order valence-corrected chi connectivity index (χ2v) is 4.37. The molecule has 21 heavy (non-hydrogen) atoms. The number of carbonyl (C=O) groups is 1. The van der Waals surface area contributed by atoms with Crippen LogP contribution in [0.4, 0.5) is 10.5 Å². The lowest BCUT2D eigenvalue weighted by molar-refractivity contribution is 0.187. The minimum atomic E-state index is -0.502. The lowest BCUT2D eigenvalue weighted by Crippen LogP contribution is -2.10. The molecule has 0 heterocycles. The van der Waals surface area contributed by atoms with E-state index >= 15 is 0 Å². The van der Waals surface area contributed by atoms with Crippen molar-refractivity contribution in [3.8, 4) is 17.2 Å². The van der Waals surface area contributed by atoms with Crippen molar-refractivity contribution in [1.29, 1.82) is 0 Å². The molecule has 0 aliphatic carbocycles. The van der Waals surface area contributed by atoms with Crippen molar-refractivity contribution in [2.24, 2.45) is 0 Å². The van der Waals surface area contributed by atoms with Gasteiger partial charge in [-0.05, 0) is 55.0 Å². The highest BCUT2D eigenvalue weighted by molar-refractivity contribution is 5.84. The molecule has 1 N–H and O–H groups in total. The third-order valence-corrected chi connectivity index (χ3v) is 2.89. The van der Waals surface area contributed by atoms with E-state index in [4.69, 9.17) is 9.47 Å². The number of carbonyl (C=O) groups excluding carboxylic acids is 1. The Labute approximate surface area is 123 Å². The number of methoxy groups -OCH3 is 2. The summed E-state index contributed by atoms with van der Waals surface area (Å²) in [4.78, 5) is 11.2. The second kappa shape index (κ2) is 6.65. The SMILES string of the molecule is COC(=O)Nc1ccc(Oc2ccc(OC)cc2)c(C)c1. The predicted molar refractivity (Wildman–Crippen MR) is 80.3 cm³/mol. The molecule has 1 amide bonds. The van der Waals surface area contributed by atoms with E-state index in [-0.39, 0.29) is 0 Å². The largest absolute Gasteiger partial charge is 0.497 e. The molecule has 5 heteroatoms. The van der Waals surface area contributed by atoms with Crippen LogP contribution in [-0.4, -0.2) is 20.3 Å². The van der Waals surface area contributed by atoms with E-state index in [1.165, 1.54) is 7.11 Å². The number of anilines is 1. The van der Waals surface area contributed by atoms with E-state index in [2.05, 4.69) is 10.1 Å². The summed E-state index contributed by atoms with van der Waals surface area (Å²) in [5.41, 5.74) is 1.56. The summed E-state index contributed by atoms with van der Waals surface area (Å²) < 4.78 is 15.4. The highest BCUT2D eigenvalue weighted by Crippen LogP contribution is 2.28. The van der Waals surface area contributed by atoms with E-state index in [1.807, 2.05) is 37.3 Å². The lowest BCUT2D eigenvalue weighted by atomic mass is 10.2. The monoisotopic (exact) mass is 287 g/mol. The minimum Gasteiger partial charge on any atom is -0.497 e. The fraction of sp³-hybridized carbons (Fsp3) is 0.188. The van der Waals surface area contributed by atoms with Crippen LogP contribution in [0.25, 0.3) is 0 Å². The van der Waals surface area contributed by atoms with E-state index in [0.29, 0.717) is 11.4 Å². The Kier molecular flexibility index (Phi) is 4.66. The van der Waals surface area contributed by atoms with Gasteiger partial charge in [-0.2, -0.15) is 0 Å². The summed E-state index contributed by atoms with van der Waals surface area (Å²) in [6.07, 6.45) is -0.502.